The third-order valence-electron chi connectivity index (χ3n) is 5.40. The molecule has 0 N–H and O–H groups in total. The van der Waals surface area contributed by atoms with E-state index in [1.54, 1.807) is 0 Å². The van der Waals surface area contributed by atoms with Crippen LogP contribution >= 0.6 is 0 Å². The summed E-state index contributed by atoms with van der Waals surface area (Å²) in [7, 11) is 0. The van der Waals surface area contributed by atoms with Crippen molar-refractivity contribution in [3.05, 3.63) is 48.3 Å². The molecule has 3 fully saturated rings. The van der Waals surface area contributed by atoms with Gasteiger partial charge in [-0.2, -0.15) is 5.10 Å². The second-order valence-electron chi connectivity index (χ2n) is 7.28. The summed E-state index contributed by atoms with van der Waals surface area (Å²) >= 11 is 0. The van der Waals surface area contributed by atoms with Gasteiger partial charge in [0.2, 0.25) is 5.91 Å². The molecule has 1 aromatic carbocycles. The molecule has 25 heavy (non-hydrogen) atoms. The number of aromatic nitrogens is 2. The highest BCUT2D eigenvalue weighted by atomic mass is 16.2. The Morgan fingerprint density at radius 3 is 2.80 bits per heavy atom. The molecule has 0 spiro atoms. The normalized spacial score (nSPS) is 23.9. The lowest BCUT2D eigenvalue weighted by Crippen LogP contribution is -2.48. The summed E-state index contributed by atoms with van der Waals surface area (Å²) in [5.41, 5.74) is 2.29. The lowest BCUT2D eigenvalue weighted by Gasteiger charge is -2.35. The Labute approximate surface area is 149 Å². The average molecular weight is 338 g/mol. The van der Waals surface area contributed by atoms with Crippen LogP contribution in [0.5, 0.6) is 0 Å². The summed E-state index contributed by atoms with van der Waals surface area (Å²) < 4.78 is 1.93. The van der Waals surface area contributed by atoms with Crippen molar-refractivity contribution in [3.63, 3.8) is 0 Å². The van der Waals surface area contributed by atoms with Gasteiger partial charge in [0.1, 0.15) is 0 Å². The van der Waals surface area contributed by atoms with Gasteiger partial charge in [0.25, 0.3) is 0 Å². The van der Waals surface area contributed by atoms with E-state index in [-0.39, 0.29) is 5.92 Å². The van der Waals surface area contributed by atoms with Crippen LogP contribution in [0.25, 0.3) is 5.69 Å². The number of nitrogens with zero attached hydrogens (tertiary/aromatic N) is 4. The van der Waals surface area contributed by atoms with Crippen LogP contribution in [0.4, 0.5) is 0 Å². The molecule has 1 aromatic heterocycles. The van der Waals surface area contributed by atoms with E-state index >= 15 is 0 Å². The summed E-state index contributed by atoms with van der Waals surface area (Å²) in [4.78, 5) is 17.3. The van der Waals surface area contributed by atoms with Crippen LogP contribution in [-0.4, -0.2) is 51.2 Å². The van der Waals surface area contributed by atoms with Crippen molar-refractivity contribution in [3.8, 4) is 5.69 Å². The first-order valence-corrected chi connectivity index (χ1v) is 9.36. The molecule has 2 bridgehead atoms. The predicted molar refractivity (Wildman–Crippen MR) is 97.4 cm³/mol. The predicted octanol–water partition coefficient (Wildman–Crippen LogP) is 2.71. The highest BCUT2D eigenvalue weighted by Gasteiger charge is 2.40. The molecule has 2 atom stereocenters. The number of piperidine rings is 1. The Hall–Kier alpha value is -2.14. The van der Waals surface area contributed by atoms with Crippen LogP contribution < -0.4 is 0 Å². The molecule has 2 unspecified atom stereocenters. The second-order valence-corrected chi connectivity index (χ2v) is 7.28. The monoisotopic (exact) mass is 338 g/mol. The molecule has 4 heterocycles. The summed E-state index contributed by atoms with van der Waals surface area (Å²) in [5, 5.41) is 4.50. The standard InChI is InChI=1S/C20H26N4O/c1-2-10-23-19-9-8-17(20(23)25)14-22(15-19)12-16-11-21-24(13-16)18-6-4-3-5-7-18/h3-7,11,13,17,19H,2,8-10,12,14-15H2,1H3. The first-order chi connectivity index (χ1) is 12.2. The van der Waals surface area contributed by atoms with E-state index in [1.807, 2.05) is 29.1 Å². The number of para-hydroxylation sites is 1. The van der Waals surface area contributed by atoms with E-state index in [4.69, 9.17) is 0 Å². The van der Waals surface area contributed by atoms with Crippen molar-refractivity contribution >= 4 is 5.91 Å². The molecule has 5 rings (SSSR count). The topological polar surface area (TPSA) is 41.4 Å². The van der Waals surface area contributed by atoms with Gasteiger partial charge in [-0.25, -0.2) is 4.68 Å². The number of hydrogen-bond acceptors (Lipinski definition) is 3. The van der Waals surface area contributed by atoms with E-state index in [1.165, 1.54) is 5.56 Å². The fourth-order valence-electron chi connectivity index (χ4n) is 4.22. The van der Waals surface area contributed by atoms with E-state index in [9.17, 15) is 4.79 Å². The minimum absolute atomic E-state index is 0.175. The molecule has 0 aliphatic carbocycles. The Balaban J connectivity index is 1.47. The van der Waals surface area contributed by atoms with Crippen LogP contribution in [0.3, 0.4) is 0 Å². The number of fused-ring (bicyclic) bond motifs is 4. The Bertz CT molecular complexity index is 726. The molecular formula is C20H26N4O. The fraction of sp³-hybridized carbons (Fsp3) is 0.500. The molecule has 1 amide bonds. The number of rotatable bonds is 5. The van der Waals surface area contributed by atoms with Crippen LogP contribution in [0.2, 0.25) is 0 Å². The number of carbonyl (C=O) groups is 1. The summed E-state index contributed by atoms with van der Waals surface area (Å²) in [6.07, 6.45) is 7.29. The van der Waals surface area contributed by atoms with Crippen molar-refractivity contribution in [1.29, 1.82) is 0 Å². The lowest BCUT2D eigenvalue weighted by atomic mass is 9.94. The SMILES string of the molecule is CCCN1C(=O)C2CCC1CN(Cc1cnn(-c3ccccc3)c1)C2. The highest BCUT2D eigenvalue weighted by molar-refractivity contribution is 5.80. The minimum Gasteiger partial charge on any atom is -0.338 e. The van der Waals surface area contributed by atoms with E-state index in [0.29, 0.717) is 11.9 Å². The molecule has 3 saturated heterocycles. The van der Waals surface area contributed by atoms with Crippen molar-refractivity contribution in [2.75, 3.05) is 19.6 Å². The molecule has 3 aliphatic rings. The van der Waals surface area contributed by atoms with Gasteiger partial charge in [-0.15, -0.1) is 0 Å². The Morgan fingerprint density at radius 1 is 1.16 bits per heavy atom. The maximum atomic E-state index is 12.7. The Morgan fingerprint density at radius 2 is 2.00 bits per heavy atom. The van der Waals surface area contributed by atoms with Gasteiger partial charge in [0.05, 0.1) is 17.8 Å². The zero-order valence-electron chi connectivity index (χ0n) is 14.8. The largest absolute Gasteiger partial charge is 0.338 e. The maximum Gasteiger partial charge on any atom is 0.227 e. The quantitative estimate of drug-likeness (QED) is 0.842. The maximum absolute atomic E-state index is 12.7. The van der Waals surface area contributed by atoms with Crippen LogP contribution in [0.15, 0.2) is 42.7 Å². The van der Waals surface area contributed by atoms with Gasteiger partial charge in [0, 0.05) is 44.0 Å². The third-order valence-corrected chi connectivity index (χ3v) is 5.40. The second kappa shape index (κ2) is 7.00. The first kappa shape index (κ1) is 16.3. The smallest absolute Gasteiger partial charge is 0.227 e. The molecule has 0 radical (unpaired) electrons. The van der Waals surface area contributed by atoms with Gasteiger partial charge >= 0.3 is 0 Å². The van der Waals surface area contributed by atoms with Gasteiger partial charge in [-0.3, -0.25) is 9.69 Å². The van der Waals surface area contributed by atoms with Crippen LogP contribution in [-0.2, 0) is 11.3 Å². The third kappa shape index (κ3) is 3.33. The summed E-state index contributed by atoms with van der Waals surface area (Å²) in [5.74, 6) is 0.551. The van der Waals surface area contributed by atoms with Gasteiger partial charge < -0.3 is 4.90 Å². The van der Waals surface area contributed by atoms with Gasteiger partial charge in [0.15, 0.2) is 0 Å². The molecular weight excluding hydrogens is 312 g/mol. The van der Waals surface area contributed by atoms with Crippen molar-refractivity contribution in [2.24, 2.45) is 5.92 Å². The number of carbonyl (C=O) groups excluding carboxylic acids is 1. The van der Waals surface area contributed by atoms with Crippen molar-refractivity contribution in [2.45, 2.75) is 38.8 Å². The van der Waals surface area contributed by atoms with Gasteiger partial charge in [-0.05, 0) is 31.4 Å². The minimum atomic E-state index is 0.175. The number of benzene rings is 1. The lowest BCUT2D eigenvalue weighted by molar-refractivity contribution is -0.139. The van der Waals surface area contributed by atoms with E-state index < -0.39 is 0 Å². The molecule has 132 valence electrons. The fourth-order valence-corrected chi connectivity index (χ4v) is 4.22. The van der Waals surface area contributed by atoms with E-state index in [2.05, 4.69) is 40.2 Å². The average Bonchev–Trinajstić information content (AvgIpc) is 2.94. The molecule has 3 aliphatic heterocycles. The first-order valence-electron chi connectivity index (χ1n) is 9.36. The van der Waals surface area contributed by atoms with E-state index in [0.717, 1.165) is 51.1 Å². The molecule has 0 saturated carbocycles. The van der Waals surface area contributed by atoms with Gasteiger partial charge in [-0.1, -0.05) is 25.1 Å². The van der Waals surface area contributed by atoms with Crippen LogP contribution in [0, 0.1) is 5.92 Å². The van der Waals surface area contributed by atoms with Crippen molar-refractivity contribution < 1.29 is 4.79 Å². The van der Waals surface area contributed by atoms with Crippen molar-refractivity contribution in [1.82, 2.24) is 19.6 Å². The molecule has 5 nitrogen and oxygen atoms in total. The zero-order chi connectivity index (χ0) is 17.2. The summed E-state index contributed by atoms with van der Waals surface area (Å²) in [6, 6.07) is 10.6. The number of hydrogen-bond donors (Lipinski definition) is 0. The zero-order valence-corrected chi connectivity index (χ0v) is 14.8. The Kier molecular flexibility index (Phi) is 4.57. The molecule has 2 aromatic rings. The summed E-state index contributed by atoms with van der Waals surface area (Å²) in [6.45, 7) is 5.79. The molecule has 5 heteroatoms. The number of amides is 1. The van der Waals surface area contributed by atoms with Crippen LogP contribution in [0.1, 0.15) is 31.7 Å². The highest BCUT2D eigenvalue weighted by Crippen LogP contribution is 2.30.